The zero-order valence-corrected chi connectivity index (χ0v) is 7.70. The van der Waals surface area contributed by atoms with Gasteiger partial charge in [-0.15, -0.1) is 0 Å². The van der Waals surface area contributed by atoms with Crippen molar-refractivity contribution in [1.29, 1.82) is 5.41 Å². The number of nitrogens with two attached hydrogens (primary N) is 2. The molecule has 0 unspecified atom stereocenters. The van der Waals surface area contributed by atoms with E-state index in [1.165, 1.54) is 6.08 Å². The Balaban J connectivity index is 3.07. The molecule has 0 amide bonds. The predicted molar refractivity (Wildman–Crippen MR) is 57.9 cm³/mol. The molecule has 0 fully saturated rings. The summed E-state index contributed by atoms with van der Waals surface area (Å²) in [6.45, 7) is 3.50. The van der Waals surface area contributed by atoms with E-state index in [0.29, 0.717) is 17.1 Å². The Morgan fingerprint density at radius 3 is 2.86 bits per heavy atom. The zero-order valence-electron chi connectivity index (χ0n) is 7.70. The highest BCUT2D eigenvalue weighted by Gasteiger charge is 2.07. The summed E-state index contributed by atoms with van der Waals surface area (Å²) in [5.41, 5.74) is 12.2. The molecule has 72 valence electrons. The maximum absolute atomic E-state index is 7.72. The van der Waals surface area contributed by atoms with E-state index in [1.54, 1.807) is 24.4 Å². The Morgan fingerprint density at radius 1 is 1.57 bits per heavy atom. The quantitative estimate of drug-likeness (QED) is 0.489. The molecule has 1 aromatic heterocycles. The van der Waals surface area contributed by atoms with Crippen molar-refractivity contribution in [3.63, 3.8) is 0 Å². The summed E-state index contributed by atoms with van der Waals surface area (Å²) in [7, 11) is 0. The maximum Gasteiger partial charge on any atom is 0.132 e. The first kappa shape index (κ1) is 9.98. The molecule has 0 aliphatic heterocycles. The van der Waals surface area contributed by atoms with Gasteiger partial charge in [-0.2, -0.15) is 0 Å². The van der Waals surface area contributed by atoms with Gasteiger partial charge in [-0.3, -0.25) is 5.41 Å². The predicted octanol–water partition coefficient (Wildman–Crippen LogP) is 1.06. The van der Waals surface area contributed by atoms with Gasteiger partial charge in [0, 0.05) is 11.8 Å². The molecule has 0 radical (unpaired) electrons. The molecule has 0 aromatic carbocycles. The van der Waals surface area contributed by atoms with Crippen LogP contribution < -0.4 is 11.5 Å². The lowest BCUT2D eigenvalue weighted by atomic mass is 10.1. The highest BCUT2D eigenvalue weighted by atomic mass is 14.8. The van der Waals surface area contributed by atoms with Crippen molar-refractivity contribution in [2.24, 2.45) is 5.73 Å². The minimum Gasteiger partial charge on any atom is -0.397 e. The van der Waals surface area contributed by atoms with Crippen LogP contribution in [0.25, 0.3) is 0 Å². The van der Waals surface area contributed by atoms with Crippen LogP contribution in [0.1, 0.15) is 5.56 Å². The minimum atomic E-state index is 0.163. The Bertz CT molecular complexity index is 393. The summed E-state index contributed by atoms with van der Waals surface area (Å²) < 4.78 is 0. The van der Waals surface area contributed by atoms with E-state index >= 15 is 0 Å². The summed E-state index contributed by atoms with van der Waals surface area (Å²) in [5, 5.41) is 7.72. The third-order valence-corrected chi connectivity index (χ3v) is 1.69. The zero-order chi connectivity index (χ0) is 10.6. The maximum atomic E-state index is 7.72. The largest absolute Gasteiger partial charge is 0.397 e. The molecule has 0 aliphatic rings. The third-order valence-electron chi connectivity index (χ3n) is 1.69. The summed E-state index contributed by atoms with van der Waals surface area (Å²) in [5.74, 6) is 0.304. The fraction of sp³-hybridized carbons (Fsp3) is 0. The van der Waals surface area contributed by atoms with E-state index < -0.39 is 0 Å². The number of anilines is 1. The van der Waals surface area contributed by atoms with Gasteiger partial charge in [-0.1, -0.05) is 12.7 Å². The van der Waals surface area contributed by atoms with Gasteiger partial charge in [0.2, 0.25) is 0 Å². The number of pyridine rings is 1. The topological polar surface area (TPSA) is 88.8 Å². The van der Waals surface area contributed by atoms with Crippen molar-refractivity contribution in [2.45, 2.75) is 0 Å². The summed E-state index contributed by atoms with van der Waals surface area (Å²) in [6.07, 6.45) is 4.64. The third kappa shape index (κ3) is 1.98. The Labute approximate surface area is 82.5 Å². The van der Waals surface area contributed by atoms with E-state index in [9.17, 15) is 0 Å². The molecule has 0 saturated heterocycles. The monoisotopic (exact) mass is 188 g/mol. The van der Waals surface area contributed by atoms with Gasteiger partial charge in [0.05, 0.1) is 11.4 Å². The first-order valence-electron chi connectivity index (χ1n) is 4.04. The van der Waals surface area contributed by atoms with Crippen LogP contribution in [-0.4, -0.2) is 10.7 Å². The van der Waals surface area contributed by atoms with Crippen molar-refractivity contribution in [3.8, 4) is 0 Å². The van der Waals surface area contributed by atoms with Crippen LogP contribution in [0, 0.1) is 5.41 Å². The Morgan fingerprint density at radius 2 is 2.29 bits per heavy atom. The highest BCUT2D eigenvalue weighted by molar-refractivity contribution is 6.12. The van der Waals surface area contributed by atoms with Gasteiger partial charge in [0.15, 0.2) is 0 Å². The van der Waals surface area contributed by atoms with Crippen molar-refractivity contribution >= 4 is 11.5 Å². The van der Waals surface area contributed by atoms with Gasteiger partial charge in [-0.05, 0) is 18.2 Å². The average molecular weight is 188 g/mol. The first-order valence-corrected chi connectivity index (χ1v) is 4.04. The van der Waals surface area contributed by atoms with Crippen molar-refractivity contribution in [1.82, 2.24) is 4.98 Å². The van der Waals surface area contributed by atoms with E-state index in [2.05, 4.69) is 11.6 Å². The molecule has 14 heavy (non-hydrogen) atoms. The first-order chi connectivity index (χ1) is 6.66. The molecule has 0 spiro atoms. The fourth-order valence-corrected chi connectivity index (χ4v) is 0.995. The van der Waals surface area contributed by atoms with Crippen molar-refractivity contribution < 1.29 is 0 Å². The van der Waals surface area contributed by atoms with Crippen LogP contribution in [0.15, 0.2) is 42.8 Å². The van der Waals surface area contributed by atoms with Gasteiger partial charge in [0.25, 0.3) is 0 Å². The van der Waals surface area contributed by atoms with Crippen LogP contribution in [0.5, 0.6) is 0 Å². The van der Waals surface area contributed by atoms with Crippen LogP contribution in [0.2, 0.25) is 0 Å². The highest BCUT2D eigenvalue weighted by Crippen LogP contribution is 2.10. The number of hydrogen-bond acceptors (Lipinski definition) is 4. The number of aromatic nitrogens is 1. The summed E-state index contributed by atoms with van der Waals surface area (Å²) in [4.78, 5) is 3.87. The number of nitrogens with one attached hydrogen (secondary N) is 1. The molecule has 5 N–H and O–H groups in total. The molecule has 0 aliphatic carbocycles. The molecule has 1 heterocycles. The standard InChI is InChI=1S/C10H12N4/c1-2-4-8(11)9(12)7-5-3-6-14-10(7)13/h2-6,12H,1,11H2,(H2,13,14)/b8-4-,12-9?. The lowest BCUT2D eigenvalue weighted by Crippen LogP contribution is -2.13. The molecular weight excluding hydrogens is 176 g/mol. The number of nitrogen functional groups attached to an aromatic ring is 1. The smallest absolute Gasteiger partial charge is 0.132 e. The summed E-state index contributed by atoms with van der Waals surface area (Å²) >= 11 is 0. The van der Waals surface area contributed by atoms with Gasteiger partial charge in [0.1, 0.15) is 5.82 Å². The lowest BCUT2D eigenvalue weighted by molar-refractivity contribution is 1.30. The van der Waals surface area contributed by atoms with Gasteiger partial charge >= 0.3 is 0 Å². The average Bonchev–Trinajstić information content (AvgIpc) is 2.18. The van der Waals surface area contributed by atoms with E-state index in [0.717, 1.165) is 0 Å². The number of hydrogen-bond donors (Lipinski definition) is 3. The van der Waals surface area contributed by atoms with E-state index in [4.69, 9.17) is 16.9 Å². The molecule has 0 atom stereocenters. The molecule has 4 heteroatoms. The van der Waals surface area contributed by atoms with E-state index in [1.807, 2.05) is 0 Å². The molecule has 1 aromatic rings. The van der Waals surface area contributed by atoms with Crippen LogP contribution in [0.4, 0.5) is 5.82 Å². The van der Waals surface area contributed by atoms with Crippen molar-refractivity contribution in [3.05, 3.63) is 48.3 Å². The fourth-order valence-electron chi connectivity index (χ4n) is 0.995. The number of nitrogens with zero attached hydrogens (tertiary/aromatic N) is 1. The second-order valence-corrected chi connectivity index (χ2v) is 2.67. The number of allylic oxidation sites excluding steroid dienone is 3. The second kappa shape index (κ2) is 4.23. The number of rotatable bonds is 3. The SMILES string of the molecule is C=C/C=C(\N)C(=N)c1cccnc1N. The normalized spacial score (nSPS) is 11.0. The van der Waals surface area contributed by atoms with Gasteiger partial charge < -0.3 is 11.5 Å². The van der Waals surface area contributed by atoms with Crippen LogP contribution in [-0.2, 0) is 0 Å². The van der Waals surface area contributed by atoms with Crippen LogP contribution >= 0.6 is 0 Å². The Kier molecular flexibility index (Phi) is 3.01. The minimum absolute atomic E-state index is 0.163. The van der Waals surface area contributed by atoms with Crippen molar-refractivity contribution in [2.75, 3.05) is 5.73 Å². The van der Waals surface area contributed by atoms with E-state index in [-0.39, 0.29) is 5.71 Å². The molecule has 0 saturated carbocycles. The lowest BCUT2D eigenvalue weighted by Gasteiger charge is -2.05. The molecular formula is C10H12N4. The molecule has 1 rings (SSSR count). The second-order valence-electron chi connectivity index (χ2n) is 2.67. The van der Waals surface area contributed by atoms with Gasteiger partial charge in [-0.25, -0.2) is 4.98 Å². The van der Waals surface area contributed by atoms with Crippen LogP contribution in [0.3, 0.4) is 0 Å². The molecule has 4 nitrogen and oxygen atoms in total. The molecule has 0 bridgehead atoms. The Hall–Kier alpha value is -2.10. The summed E-state index contributed by atoms with van der Waals surface area (Å²) in [6, 6.07) is 3.41.